The fourth-order valence-corrected chi connectivity index (χ4v) is 3.45. The van der Waals surface area contributed by atoms with Gasteiger partial charge in [-0.3, -0.25) is 4.79 Å². The number of benzene rings is 3. The minimum atomic E-state index is -3.42. The van der Waals surface area contributed by atoms with E-state index in [0.717, 1.165) is 18.4 Å². The smallest absolute Gasteiger partial charge is 0.255 e. The molecule has 0 aliphatic carbocycles. The molecule has 1 N–H and O–H groups in total. The van der Waals surface area contributed by atoms with E-state index in [4.69, 9.17) is 4.74 Å². The molecule has 156 valence electrons. The fourth-order valence-electron chi connectivity index (χ4n) is 2.78. The third-order valence-electron chi connectivity index (χ3n) is 4.37. The number of hydrogen-bond acceptors (Lipinski definition) is 4. The van der Waals surface area contributed by atoms with Crippen LogP contribution in [0.3, 0.4) is 0 Å². The van der Waals surface area contributed by atoms with E-state index in [1.54, 1.807) is 49.4 Å². The highest BCUT2D eigenvalue weighted by Gasteiger charge is 2.20. The third-order valence-corrected chi connectivity index (χ3v) is 5.48. The van der Waals surface area contributed by atoms with Crippen molar-refractivity contribution in [3.8, 4) is 11.5 Å². The molecule has 0 radical (unpaired) electrons. The highest BCUT2D eigenvalue weighted by atomic mass is 32.2. The van der Waals surface area contributed by atoms with Crippen LogP contribution in [-0.4, -0.2) is 20.6 Å². The monoisotopic (exact) mass is 431 g/mol. The van der Waals surface area contributed by atoms with Crippen LogP contribution in [0.4, 0.5) is 8.78 Å². The van der Waals surface area contributed by atoms with Crippen LogP contribution in [0.2, 0.25) is 0 Å². The van der Waals surface area contributed by atoms with Crippen molar-refractivity contribution in [1.82, 2.24) is 5.32 Å². The Hall–Kier alpha value is -3.26. The Morgan fingerprint density at radius 1 is 0.967 bits per heavy atom. The topological polar surface area (TPSA) is 72.5 Å². The van der Waals surface area contributed by atoms with Gasteiger partial charge in [0, 0.05) is 12.3 Å². The van der Waals surface area contributed by atoms with Gasteiger partial charge in [0.25, 0.3) is 5.91 Å². The molecule has 0 unspecified atom stereocenters. The van der Waals surface area contributed by atoms with Gasteiger partial charge in [-0.1, -0.05) is 30.3 Å². The van der Waals surface area contributed by atoms with Gasteiger partial charge in [-0.2, -0.15) is 0 Å². The average molecular weight is 431 g/mol. The van der Waals surface area contributed by atoms with E-state index in [-0.39, 0.29) is 16.2 Å². The molecule has 0 saturated heterocycles. The average Bonchev–Trinajstić information content (AvgIpc) is 2.70. The van der Waals surface area contributed by atoms with Crippen LogP contribution in [-0.2, 0) is 9.84 Å². The van der Waals surface area contributed by atoms with Crippen molar-refractivity contribution in [1.29, 1.82) is 0 Å². The van der Waals surface area contributed by atoms with Crippen molar-refractivity contribution < 1.29 is 26.7 Å². The van der Waals surface area contributed by atoms with Crippen LogP contribution in [0, 0.1) is 11.6 Å². The fraction of sp³-hybridized carbons (Fsp3) is 0.136. The molecule has 0 spiro atoms. The zero-order valence-corrected chi connectivity index (χ0v) is 17.0. The maximum atomic E-state index is 13.8. The Labute approximate surface area is 173 Å². The molecule has 30 heavy (non-hydrogen) atoms. The van der Waals surface area contributed by atoms with Crippen molar-refractivity contribution in [2.45, 2.75) is 17.9 Å². The highest BCUT2D eigenvalue weighted by Crippen LogP contribution is 2.28. The van der Waals surface area contributed by atoms with Crippen LogP contribution >= 0.6 is 0 Å². The van der Waals surface area contributed by atoms with E-state index in [0.29, 0.717) is 11.3 Å². The number of amides is 1. The third kappa shape index (κ3) is 5.01. The van der Waals surface area contributed by atoms with E-state index in [9.17, 15) is 22.0 Å². The Morgan fingerprint density at radius 3 is 2.30 bits per heavy atom. The Morgan fingerprint density at radius 2 is 1.63 bits per heavy atom. The van der Waals surface area contributed by atoms with Gasteiger partial charge < -0.3 is 10.1 Å². The van der Waals surface area contributed by atoms with Gasteiger partial charge in [0.2, 0.25) is 0 Å². The van der Waals surface area contributed by atoms with Crippen molar-refractivity contribution >= 4 is 15.7 Å². The number of rotatable bonds is 6. The lowest BCUT2D eigenvalue weighted by Crippen LogP contribution is -2.27. The summed E-state index contributed by atoms with van der Waals surface area (Å²) in [5, 5.41) is 2.66. The molecule has 3 aromatic carbocycles. The highest BCUT2D eigenvalue weighted by molar-refractivity contribution is 7.90. The first-order chi connectivity index (χ1) is 14.1. The Bertz CT molecular complexity index is 1180. The van der Waals surface area contributed by atoms with Crippen LogP contribution in [0.5, 0.6) is 11.5 Å². The molecule has 8 heteroatoms. The normalized spacial score (nSPS) is 12.3. The molecule has 0 heterocycles. The first-order valence-corrected chi connectivity index (χ1v) is 10.9. The van der Waals surface area contributed by atoms with Crippen molar-refractivity contribution in [2.75, 3.05) is 6.26 Å². The molecule has 0 aliphatic rings. The molecule has 5 nitrogen and oxygen atoms in total. The standard InChI is InChI=1S/C22H19F2NO4S/c1-14(15-7-6-10-17(11-15)30(2,27)28)25-22(26)18-12-19(23)20(24)13-21(18)29-16-8-4-3-5-9-16/h3-14H,1-2H3,(H,25,26)/t14-/m0/s1. The van der Waals surface area contributed by atoms with Gasteiger partial charge in [-0.05, 0) is 42.8 Å². The molecule has 3 aromatic rings. The first-order valence-electron chi connectivity index (χ1n) is 8.98. The van der Waals surface area contributed by atoms with Gasteiger partial charge in [0.05, 0.1) is 16.5 Å². The second kappa shape index (κ2) is 8.62. The maximum absolute atomic E-state index is 13.8. The van der Waals surface area contributed by atoms with Crippen molar-refractivity contribution in [3.05, 3.63) is 89.5 Å². The van der Waals surface area contributed by atoms with E-state index in [2.05, 4.69) is 5.32 Å². The molecular weight excluding hydrogens is 412 g/mol. The predicted octanol–water partition coefficient (Wildman–Crippen LogP) is 4.65. The van der Waals surface area contributed by atoms with Crippen molar-refractivity contribution in [2.24, 2.45) is 0 Å². The van der Waals surface area contributed by atoms with Crippen LogP contribution < -0.4 is 10.1 Å². The van der Waals surface area contributed by atoms with Crippen LogP contribution in [0.15, 0.2) is 71.6 Å². The molecular formula is C22H19F2NO4S. The molecule has 0 bridgehead atoms. The molecule has 3 rings (SSSR count). The Kier molecular flexibility index (Phi) is 6.17. The number of carbonyl (C=O) groups excluding carboxylic acids is 1. The quantitative estimate of drug-likeness (QED) is 0.617. The number of halogens is 2. The summed E-state index contributed by atoms with van der Waals surface area (Å²) in [6.45, 7) is 1.65. The number of para-hydroxylation sites is 1. The number of ether oxygens (including phenoxy) is 1. The Balaban J connectivity index is 1.88. The van der Waals surface area contributed by atoms with Gasteiger partial charge in [-0.15, -0.1) is 0 Å². The lowest BCUT2D eigenvalue weighted by Gasteiger charge is -2.17. The summed E-state index contributed by atoms with van der Waals surface area (Å²) in [4.78, 5) is 12.9. The number of nitrogens with one attached hydrogen (secondary N) is 1. The lowest BCUT2D eigenvalue weighted by atomic mass is 10.1. The number of sulfone groups is 1. The summed E-state index contributed by atoms with van der Waals surface area (Å²) < 4.78 is 56.7. The minimum Gasteiger partial charge on any atom is -0.456 e. The molecule has 1 atom stereocenters. The van der Waals surface area contributed by atoms with E-state index < -0.39 is 33.4 Å². The molecule has 0 aliphatic heterocycles. The van der Waals surface area contributed by atoms with Gasteiger partial charge >= 0.3 is 0 Å². The molecule has 0 aromatic heterocycles. The van der Waals surface area contributed by atoms with Crippen LogP contribution in [0.25, 0.3) is 0 Å². The summed E-state index contributed by atoms with van der Waals surface area (Å²) in [6.07, 6.45) is 1.09. The summed E-state index contributed by atoms with van der Waals surface area (Å²) >= 11 is 0. The summed E-state index contributed by atoms with van der Waals surface area (Å²) in [5.74, 6) is -2.82. The van der Waals surface area contributed by atoms with Crippen molar-refractivity contribution in [3.63, 3.8) is 0 Å². The van der Waals surface area contributed by atoms with Gasteiger partial charge in [-0.25, -0.2) is 17.2 Å². The van der Waals surface area contributed by atoms with E-state index in [1.807, 2.05) is 0 Å². The van der Waals surface area contributed by atoms with Crippen LogP contribution in [0.1, 0.15) is 28.9 Å². The second-order valence-electron chi connectivity index (χ2n) is 6.72. The predicted molar refractivity (Wildman–Crippen MR) is 108 cm³/mol. The van der Waals surface area contributed by atoms with E-state index >= 15 is 0 Å². The number of carbonyl (C=O) groups is 1. The zero-order chi connectivity index (χ0) is 21.9. The molecule has 1 amide bonds. The lowest BCUT2D eigenvalue weighted by molar-refractivity contribution is 0.0937. The summed E-state index contributed by atoms with van der Waals surface area (Å²) in [6, 6.07) is 15.5. The number of hydrogen-bond donors (Lipinski definition) is 1. The maximum Gasteiger partial charge on any atom is 0.255 e. The summed E-state index contributed by atoms with van der Waals surface area (Å²) in [7, 11) is -3.42. The first kappa shape index (κ1) is 21.4. The SMILES string of the molecule is C[C@H](NC(=O)c1cc(F)c(F)cc1Oc1ccccc1)c1cccc(S(C)(=O)=O)c1. The largest absolute Gasteiger partial charge is 0.456 e. The molecule has 0 saturated carbocycles. The molecule has 0 fully saturated rings. The summed E-state index contributed by atoms with van der Waals surface area (Å²) in [5.41, 5.74) is 0.350. The second-order valence-corrected chi connectivity index (χ2v) is 8.73. The van der Waals surface area contributed by atoms with Gasteiger partial charge in [0.15, 0.2) is 21.5 Å². The minimum absolute atomic E-state index is 0.113. The van der Waals surface area contributed by atoms with E-state index in [1.165, 1.54) is 12.1 Å². The van der Waals surface area contributed by atoms with Gasteiger partial charge in [0.1, 0.15) is 11.5 Å². The zero-order valence-electron chi connectivity index (χ0n) is 16.2.